The van der Waals surface area contributed by atoms with Crippen molar-refractivity contribution >= 4 is 28.4 Å². The molecule has 0 radical (unpaired) electrons. The smallest absolute Gasteiger partial charge is 0.257 e. The summed E-state index contributed by atoms with van der Waals surface area (Å²) in [4.78, 5) is 25.5. The van der Waals surface area contributed by atoms with Crippen LogP contribution in [-0.4, -0.2) is 16.6 Å². The SMILES string of the molecule is C[C@H]1Cn2cc(C(=O)NCc3ccc(F)cc3)c(=O)c3c(Cl)ccc(c32)O1. The lowest BCUT2D eigenvalue weighted by Gasteiger charge is -2.26. The second-order valence-corrected chi connectivity index (χ2v) is 6.94. The van der Waals surface area contributed by atoms with E-state index in [1.807, 2.05) is 11.5 Å². The predicted molar refractivity (Wildman–Crippen MR) is 101 cm³/mol. The number of halogens is 2. The number of rotatable bonds is 3. The minimum Gasteiger partial charge on any atom is -0.487 e. The predicted octanol–water partition coefficient (Wildman–Crippen LogP) is 3.50. The Balaban J connectivity index is 1.73. The van der Waals surface area contributed by atoms with Gasteiger partial charge in [-0.2, -0.15) is 0 Å². The van der Waals surface area contributed by atoms with Crippen molar-refractivity contribution in [3.8, 4) is 5.75 Å². The number of amides is 1. The van der Waals surface area contributed by atoms with E-state index in [0.29, 0.717) is 17.8 Å². The molecule has 1 aliphatic heterocycles. The summed E-state index contributed by atoms with van der Waals surface area (Å²) < 4.78 is 20.6. The van der Waals surface area contributed by atoms with Gasteiger partial charge in [-0.15, -0.1) is 0 Å². The number of ether oxygens (including phenoxy) is 1. The molecule has 2 aromatic carbocycles. The Bertz CT molecular complexity index is 1110. The van der Waals surface area contributed by atoms with Crippen LogP contribution in [-0.2, 0) is 13.1 Å². The molecule has 138 valence electrons. The van der Waals surface area contributed by atoms with E-state index >= 15 is 0 Å². The Morgan fingerprint density at radius 2 is 2.04 bits per heavy atom. The third kappa shape index (κ3) is 3.17. The molecule has 0 spiro atoms. The van der Waals surface area contributed by atoms with Crippen molar-refractivity contribution in [3.05, 3.63) is 74.8 Å². The highest BCUT2D eigenvalue weighted by molar-refractivity contribution is 6.35. The number of hydrogen-bond donors (Lipinski definition) is 1. The van der Waals surface area contributed by atoms with Crippen LogP contribution < -0.4 is 15.5 Å². The first-order chi connectivity index (χ1) is 12.9. The second-order valence-electron chi connectivity index (χ2n) is 6.53. The van der Waals surface area contributed by atoms with E-state index in [1.54, 1.807) is 30.5 Å². The molecule has 7 heteroatoms. The average molecular weight is 387 g/mol. The van der Waals surface area contributed by atoms with Gasteiger partial charge in [-0.1, -0.05) is 23.7 Å². The fraction of sp³-hybridized carbons (Fsp3) is 0.200. The molecular formula is C20H16ClFN2O3. The average Bonchev–Trinajstić information content (AvgIpc) is 2.64. The van der Waals surface area contributed by atoms with Crippen molar-refractivity contribution in [2.75, 3.05) is 0 Å². The maximum Gasteiger partial charge on any atom is 0.257 e. The fourth-order valence-corrected chi connectivity index (χ4v) is 3.51. The highest BCUT2D eigenvalue weighted by Crippen LogP contribution is 2.33. The van der Waals surface area contributed by atoms with Crippen molar-refractivity contribution in [2.45, 2.75) is 26.1 Å². The van der Waals surface area contributed by atoms with Gasteiger partial charge in [-0.25, -0.2) is 4.39 Å². The summed E-state index contributed by atoms with van der Waals surface area (Å²) in [5, 5.41) is 3.26. The summed E-state index contributed by atoms with van der Waals surface area (Å²) in [6, 6.07) is 9.12. The van der Waals surface area contributed by atoms with Gasteiger partial charge in [0.25, 0.3) is 5.91 Å². The Hall–Kier alpha value is -2.86. The summed E-state index contributed by atoms with van der Waals surface area (Å²) in [5.74, 6) is -0.280. The third-order valence-corrected chi connectivity index (χ3v) is 4.84. The minimum absolute atomic E-state index is 0.0118. The number of nitrogens with one attached hydrogen (secondary N) is 1. The molecule has 4 rings (SSSR count). The third-order valence-electron chi connectivity index (χ3n) is 4.53. The maximum absolute atomic E-state index is 13.0. The van der Waals surface area contributed by atoms with Gasteiger partial charge in [-0.05, 0) is 36.8 Å². The molecule has 0 saturated heterocycles. The second kappa shape index (κ2) is 6.70. The monoisotopic (exact) mass is 386 g/mol. The van der Waals surface area contributed by atoms with Crippen LogP contribution in [0.25, 0.3) is 10.9 Å². The minimum atomic E-state index is -0.504. The van der Waals surface area contributed by atoms with E-state index in [1.165, 1.54) is 12.1 Å². The summed E-state index contributed by atoms with van der Waals surface area (Å²) in [5.41, 5.74) is 0.899. The van der Waals surface area contributed by atoms with Crippen molar-refractivity contribution in [2.24, 2.45) is 0 Å². The topological polar surface area (TPSA) is 60.3 Å². The van der Waals surface area contributed by atoms with Crippen LogP contribution in [0.15, 0.2) is 47.4 Å². The number of nitrogens with zero attached hydrogens (tertiary/aromatic N) is 1. The van der Waals surface area contributed by atoms with Gasteiger partial charge in [0.1, 0.15) is 23.2 Å². The first kappa shape index (κ1) is 17.5. The summed E-state index contributed by atoms with van der Waals surface area (Å²) >= 11 is 6.25. The Labute approximate surface area is 159 Å². The maximum atomic E-state index is 13.0. The zero-order chi connectivity index (χ0) is 19.1. The molecule has 1 N–H and O–H groups in total. The molecule has 0 bridgehead atoms. The van der Waals surface area contributed by atoms with Crippen LogP contribution in [0.2, 0.25) is 5.02 Å². The summed E-state index contributed by atoms with van der Waals surface area (Å²) in [7, 11) is 0. The van der Waals surface area contributed by atoms with Crippen LogP contribution in [0, 0.1) is 5.82 Å². The fourth-order valence-electron chi connectivity index (χ4n) is 3.27. The molecule has 1 atom stereocenters. The molecule has 5 nitrogen and oxygen atoms in total. The van der Waals surface area contributed by atoms with Gasteiger partial charge in [-0.3, -0.25) is 9.59 Å². The molecule has 1 amide bonds. The number of aromatic nitrogens is 1. The zero-order valence-corrected chi connectivity index (χ0v) is 15.2. The van der Waals surface area contributed by atoms with Gasteiger partial charge >= 0.3 is 0 Å². The number of hydrogen-bond acceptors (Lipinski definition) is 3. The molecule has 27 heavy (non-hydrogen) atoms. The van der Waals surface area contributed by atoms with Crippen molar-refractivity contribution < 1.29 is 13.9 Å². The highest BCUT2D eigenvalue weighted by Gasteiger charge is 2.24. The molecule has 2 heterocycles. The van der Waals surface area contributed by atoms with E-state index in [4.69, 9.17) is 16.3 Å². The van der Waals surface area contributed by atoms with Gasteiger partial charge in [0, 0.05) is 12.7 Å². The summed E-state index contributed by atoms with van der Waals surface area (Å²) in [6.45, 7) is 2.60. The van der Waals surface area contributed by atoms with Gasteiger partial charge < -0.3 is 14.6 Å². The van der Waals surface area contributed by atoms with E-state index in [2.05, 4.69) is 5.32 Å². The largest absolute Gasteiger partial charge is 0.487 e. The van der Waals surface area contributed by atoms with Gasteiger partial charge in [0.05, 0.1) is 22.5 Å². The van der Waals surface area contributed by atoms with Crippen LogP contribution >= 0.6 is 11.6 Å². The Kier molecular flexibility index (Phi) is 4.36. The lowest BCUT2D eigenvalue weighted by molar-refractivity contribution is 0.0948. The molecule has 0 fully saturated rings. The van der Waals surface area contributed by atoms with Gasteiger partial charge in [0.2, 0.25) is 5.43 Å². The molecule has 1 aliphatic rings. The number of benzene rings is 2. The van der Waals surface area contributed by atoms with Gasteiger partial charge in [0.15, 0.2) is 0 Å². The first-order valence-electron chi connectivity index (χ1n) is 8.49. The van der Waals surface area contributed by atoms with E-state index < -0.39 is 11.3 Å². The first-order valence-corrected chi connectivity index (χ1v) is 8.87. The highest BCUT2D eigenvalue weighted by atomic mass is 35.5. The van der Waals surface area contributed by atoms with E-state index in [0.717, 1.165) is 5.56 Å². The van der Waals surface area contributed by atoms with E-state index in [-0.39, 0.29) is 34.4 Å². The molecule has 1 aromatic heterocycles. The van der Waals surface area contributed by atoms with Crippen LogP contribution in [0.1, 0.15) is 22.8 Å². The number of pyridine rings is 1. The molecule has 3 aromatic rings. The Morgan fingerprint density at radius 1 is 1.30 bits per heavy atom. The zero-order valence-electron chi connectivity index (χ0n) is 14.5. The molecule has 0 aliphatic carbocycles. The van der Waals surface area contributed by atoms with Crippen LogP contribution in [0.4, 0.5) is 4.39 Å². The Morgan fingerprint density at radius 3 is 2.78 bits per heavy atom. The van der Waals surface area contributed by atoms with Crippen molar-refractivity contribution in [3.63, 3.8) is 0 Å². The van der Waals surface area contributed by atoms with Crippen molar-refractivity contribution in [1.29, 1.82) is 0 Å². The standard InChI is InChI=1S/C20H16ClFN2O3/c1-11-9-24-10-14(20(26)23-8-12-2-4-13(22)5-3-12)19(25)17-15(21)6-7-16(27-11)18(17)24/h2-7,10-11H,8-9H2,1H3,(H,23,26)/t11-/m0/s1. The van der Waals surface area contributed by atoms with Crippen LogP contribution in [0.5, 0.6) is 5.75 Å². The van der Waals surface area contributed by atoms with Crippen LogP contribution in [0.3, 0.4) is 0 Å². The van der Waals surface area contributed by atoms with Crippen molar-refractivity contribution in [1.82, 2.24) is 9.88 Å². The lowest BCUT2D eigenvalue weighted by Crippen LogP contribution is -2.32. The molecular weight excluding hydrogens is 371 g/mol. The number of carbonyl (C=O) groups excluding carboxylic acids is 1. The normalized spacial score (nSPS) is 15.4. The molecule has 0 unspecified atom stereocenters. The number of carbonyl (C=O) groups is 1. The quantitative estimate of drug-likeness (QED) is 0.749. The molecule has 0 saturated carbocycles. The summed E-state index contributed by atoms with van der Waals surface area (Å²) in [6.07, 6.45) is 1.45. The lowest BCUT2D eigenvalue weighted by atomic mass is 10.1. The van der Waals surface area contributed by atoms with E-state index in [9.17, 15) is 14.0 Å².